The molecule has 0 aromatic carbocycles. The molecule has 1 atom stereocenters. The molecule has 0 aliphatic carbocycles. The van der Waals surface area contributed by atoms with E-state index in [4.69, 9.17) is 0 Å². The van der Waals surface area contributed by atoms with Crippen LogP contribution in [0.5, 0.6) is 0 Å². The van der Waals surface area contributed by atoms with Crippen LogP contribution in [0.3, 0.4) is 0 Å². The lowest BCUT2D eigenvalue weighted by atomic mass is 10.2. The number of alkyl halides is 1. The van der Waals surface area contributed by atoms with Crippen LogP contribution in [0.25, 0.3) is 0 Å². The first-order valence-corrected chi connectivity index (χ1v) is 7.10. The lowest BCUT2D eigenvalue weighted by Gasteiger charge is -2.17. The van der Waals surface area contributed by atoms with Gasteiger partial charge in [-0.1, -0.05) is 36.7 Å². The van der Waals surface area contributed by atoms with E-state index in [2.05, 4.69) is 58.7 Å². The summed E-state index contributed by atoms with van der Waals surface area (Å²) in [6, 6.07) is 0. The molecule has 0 bridgehead atoms. The van der Waals surface area contributed by atoms with Crippen molar-refractivity contribution in [1.29, 1.82) is 0 Å². The van der Waals surface area contributed by atoms with Crippen molar-refractivity contribution in [1.82, 2.24) is 19.7 Å². The van der Waals surface area contributed by atoms with Crippen molar-refractivity contribution in [3.05, 3.63) is 12.2 Å². The zero-order valence-electron chi connectivity index (χ0n) is 11.2. The Morgan fingerprint density at radius 2 is 2.12 bits per heavy atom. The lowest BCUT2D eigenvalue weighted by Crippen LogP contribution is -2.24. The fraction of sp³-hybridized carbons (Fsp3) is 0.833. The number of halogens is 1. The molecule has 0 aliphatic rings. The fourth-order valence-corrected chi connectivity index (χ4v) is 1.83. The van der Waals surface area contributed by atoms with E-state index in [9.17, 15) is 0 Å². The van der Waals surface area contributed by atoms with E-state index in [0.29, 0.717) is 10.7 Å². The highest BCUT2D eigenvalue weighted by Gasteiger charge is 2.09. The van der Waals surface area contributed by atoms with Crippen molar-refractivity contribution in [2.45, 2.75) is 45.1 Å². The van der Waals surface area contributed by atoms with Gasteiger partial charge in [-0.2, -0.15) is 5.10 Å². The minimum Gasteiger partial charge on any atom is -0.299 e. The monoisotopic (exact) mass is 302 g/mol. The Balaban J connectivity index is 2.47. The fourth-order valence-electron chi connectivity index (χ4n) is 1.63. The third-order valence-electron chi connectivity index (χ3n) is 2.55. The van der Waals surface area contributed by atoms with Crippen molar-refractivity contribution >= 4 is 15.9 Å². The molecule has 0 spiro atoms. The van der Waals surface area contributed by atoms with Crippen LogP contribution >= 0.6 is 15.9 Å². The van der Waals surface area contributed by atoms with Crippen LogP contribution in [-0.2, 0) is 13.1 Å². The molecule has 1 rings (SSSR count). The van der Waals surface area contributed by atoms with Crippen LogP contribution in [-0.4, -0.2) is 38.1 Å². The molecule has 0 N–H and O–H groups in total. The SMILES string of the molecule is CC(C)Cn1ncnc1CN(C)CCC(C)Br. The average Bonchev–Trinajstić information content (AvgIpc) is 2.62. The summed E-state index contributed by atoms with van der Waals surface area (Å²) in [6.45, 7) is 9.45. The van der Waals surface area contributed by atoms with Crippen molar-refractivity contribution in [3.8, 4) is 0 Å². The number of aromatic nitrogens is 3. The second kappa shape index (κ2) is 7.11. The molecule has 17 heavy (non-hydrogen) atoms. The summed E-state index contributed by atoms with van der Waals surface area (Å²) in [5.74, 6) is 1.66. The highest BCUT2D eigenvalue weighted by Crippen LogP contribution is 2.07. The van der Waals surface area contributed by atoms with Crippen LogP contribution in [0, 0.1) is 5.92 Å². The Morgan fingerprint density at radius 1 is 1.41 bits per heavy atom. The molecular formula is C12H23BrN4. The molecule has 98 valence electrons. The standard InChI is InChI=1S/C12H23BrN4/c1-10(2)7-17-12(14-9-15-17)8-16(4)6-5-11(3)13/h9-11H,5-8H2,1-4H3. The molecule has 1 heterocycles. The van der Waals surface area contributed by atoms with Gasteiger partial charge in [-0.15, -0.1) is 0 Å². The molecule has 1 unspecified atom stereocenters. The maximum Gasteiger partial charge on any atom is 0.141 e. The number of nitrogens with zero attached hydrogens (tertiary/aromatic N) is 4. The van der Waals surface area contributed by atoms with Gasteiger partial charge in [0.05, 0.1) is 6.54 Å². The molecule has 0 aliphatic heterocycles. The summed E-state index contributed by atoms with van der Waals surface area (Å²) < 4.78 is 2.01. The smallest absolute Gasteiger partial charge is 0.141 e. The summed E-state index contributed by atoms with van der Waals surface area (Å²) >= 11 is 3.57. The lowest BCUT2D eigenvalue weighted by molar-refractivity contribution is 0.302. The van der Waals surface area contributed by atoms with E-state index in [0.717, 1.165) is 31.9 Å². The second-order valence-electron chi connectivity index (χ2n) is 5.06. The Hall–Kier alpha value is -0.420. The van der Waals surface area contributed by atoms with Crippen LogP contribution < -0.4 is 0 Å². The Bertz CT molecular complexity index is 322. The normalized spacial score (nSPS) is 13.6. The van der Waals surface area contributed by atoms with Crippen molar-refractivity contribution < 1.29 is 0 Å². The van der Waals surface area contributed by atoms with Crippen molar-refractivity contribution in [3.63, 3.8) is 0 Å². The van der Waals surface area contributed by atoms with E-state index in [1.165, 1.54) is 0 Å². The van der Waals surface area contributed by atoms with Crippen LogP contribution in [0.4, 0.5) is 0 Å². The first-order valence-electron chi connectivity index (χ1n) is 6.18. The Morgan fingerprint density at radius 3 is 2.71 bits per heavy atom. The van der Waals surface area contributed by atoms with Crippen LogP contribution in [0.15, 0.2) is 6.33 Å². The van der Waals surface area contributed by atoms with Crippen LogP contribution in [0.2, 0.25) is 0 Å². The maximum absolute atomic E-state index is 4.33. The maximum atomic E-state index is 4.33. The molecule has 0 fully saturated rings. The molecule has 0 amide bonds. The summed E-state index contributed by atoms with van der Waals surface area (Å²) in [5.41, 5.74) is 0. The minimum absolute atomic E-state index is 0.568. The molecule has 5 heteroatoms. The highest BCUT2D eigenvalue weighted by molar-refractivity contribution is 9.09. The van der Waals surface area contributed by atoms with E-state index < -0.39 is 0 Å². The van der Waals surface area contributed by atoms with Gasteiger partial charge in [0.2, 0.25) is 0 Å². The first-order chi connectivity index (χ1) is 7.99. The van der Waals surface area contributed by atoms with E-state index in [1.54, 1.807) is 6.33 Å². The van der Waals surface area contributed by atoms with Crippen molar-refractivity contribution in [2.75, 3.05) is 13.6 Å². The molecule has 4 nitrogen and oxygen atoms in total. The zero-order chi connectivity index (χ0) is 12.8. The predicted octanol–water partition coefficient (Wildman–Crippen LogP) is 2.54. The van der Waals surface area contributed by atoms with Gasteiger partial charge in [-0.25, -0.2) is 9.67 Å². The number of rotatable bonds is 7. The third kappa shape index (κ3) is 5.64. The summed E-state index contributed by atoms with van der Waals surface area (Å²) in [6.07, 6.45) is 2.80. The van der Waals surface area contributed by atoms with E-state index >= 15 is 0 Å². The number of hydrogen-bond acceptors (Lipinski definition) is 3. The summed E-state index contributed by atoms with van der Waals surface area (Å²) in [5, 5.41) is 4.27. The van der Waals surface area contributed by atoms with Gasteiger partial charge in [0, 0.05) is 11.4 Å². The van der Waals surface area contributed by atoms with Gasteiger partial charge in [0.25, 0.3) is 0 Å². The zero-order valence-corrected chi connectivity index (χ0v) is 12.8. The van der Waals surface area contributed by atoms with Gasteiger partial charge in [0.1, 0.15) is 12.2 Å². The largest absolute Gasteiger partial charge is 0.299 e. The van der Waals surface area contributed by atoms with Gasteiger partial charge in [0.15, 0.2) is 0 Å². The van der Waals surface area contributed by atoms with E-state index in [1.807, 2.05) is 4.68 Å². The van der Waals surface area contributed by atoms with Crippen molar-refractivity contribution in [2.24, 2.45) is 5.92 Å². The Kier molecular flexibility index (Phi) is 6.12. The number of hydrogen-bond donors (Lipinski definition) is 0. The minimum atomic E-state index is 0.568. The molecular weight excluding hydrogens is 280 g/mol. The molecule has 0 saturated carbocycles. The average molecular weight is 303 g/mol. The first kappa shape index (κ1) is 14.6. The Labute approximate surface area is 113 Å². The summed E-state index contributed by atoms with van der Waals surface area (Å²) in [7, 11) is 2.13. The summed E-state index contributed by atoms with van der Waals surface area (Å²) in [4.78, 5) is 7.19. The van der Waals surface area contributed by atoms with Gasteiger partial charge < -0.3 is 0 Å². The highest BCUT2D eigenvalue weighted by atomic mass is 79.9. The van der Waals surface area contributed by atoms with Crippen LogP contribution in [0.1, 0.15) is 33.0 Å². The molecule has 0 radical (unpaired) electrons. The van der Waals surface area contributed by atoms with Gasteiger partial charge in [-0.05, 0) is 25.9 Å². The third-order valence-corrected chi connectivity index (χ3v) is 3.01. The molecule has 1 aromatic heterocycles. The van der Waals surface area contributed by atoms with Gasteiger partial charge >= 0.3 is 0 Å². The van der Waals surface area contributed by atoms with Gasteiger partial charge in [-0.3, -0.25) is 4.90 Å². The quantitative estimate of drug-likeness (QED) is 0.726. The second-order valence-corrected chi connectivity index (χ2v) is 6.62. The predicted molar refractivity (Wildman–Crippen MR) is 74.2 cm³/mol. The molecule has 1 aromatic rings. The van der Waals surface area contributed by atoms with E-state index in [-0.39, 0.29) is 0 Å². The topological polar surface area (TPSA) is 34.0 Å². The molecule has 0 saturated heterocycles.